The molecule has 1 amide bonds. The molecule has 1 aliphatic heterocycles. The van der Waals surface area contributed by atoms with Crippen LogP contribution in [0.25, 0.3) is 0 Å². The van der Waals surface area contributed by atoms with Crippen LogP contribution >= 0.6 is 0 Å². The molecule has 1 heterocycles. The summed E-state index contributed by atoms with van der Waals surface area (Å²) in [5.41, 5.74) is 1.64. The maximum absolute atomic E-state index is 12.2. The van der Waals surface area contributed by atoms with Gasteiger partial charge in [0.15, 0.2) is 11.5 Å². The summed E-state index contributed by atoms with van der Waals surface area (Å²) in [5.74, 6) is 2.13. The Bertz CT molecular complexity index is 697. The monoisotopic (exact) mass is 327 g/mol. The first-order chi connectivity index (χ1) is 11.7. The number of rotatable bonds is 5. The molecule has 0 fully saturated rings. The lowest BCUT2D eigenvalue weighted by atomic mass is 10.1. The van der Waals surface area contributed by atoms with Crippen molar-refractivity contribution in [2.24, 2.45) is 0 Å². The predicted octanol–water partition coefficient (Wildman–Crippen LogP) is 3.43. The molecule has 3 rings (SSSR count). The summed E-state index contributed by atoms with van der Waals surface area (Å²) in [6, 6.07) is 13.0. The first-order valence-electron chi connectivity index (χ1n) is 8.16. The average Bonchev–Trinajstić information content (AvgIpc) is 2.82. The smallest absolute Gasteiger partial charge is 0.228 e. The fourth-order valence-electron chi connectivity index (χ4n) is 2.50. The normalized spacial score (nSPS) is 13.0. The Morgan fingerprint density at radius 2 is 1.83 bits per heavy atom. The van der Waals surface area contributed by atoms with E-state index in [4.69, 9.17) is 14.2 Å². The Labute approximate surface area is 141 Å². The Hall–Kier alpha value is -2.69. The topological polar surface area (TPSA) is 56.8 Å². The van der Waals surface area contributed by atoms with Gasteiger partial charge in [-0.2, -0.15) is 0 Å². The second-order valence-electron chi connectivity index (χ2n) is 5.51. The number of fused-ring (bicyclic) bond motifs is 1. The molecule has 1 N–H and O–H groups in total. The fourth-order valence-corrected chi connectivity index (χ4v) is 2.50. The van der Waals surface area contributed by atoms with Crippen molar-refractivity contribution < 1.29 is 19.0 Å². The summed E-state index contributed by atoms with van der Waals surface area (Å²) in [6.07, 6.45) is 1.16. The summed E-state index contributed by atoms with van der Waals surface area (Å²) in [4.78, 5) is 12.2. The van der Waals surface area contributed by atoms with Crippen LogP contribution in [0.1, 0.15) is 18.9 Å². The van der Waals surface area contributed by atoms with Gasteiger partial charge in [-0.15, -0.1) is 0 Å². The summed E-state index contributed by atoms with van der Waals surface area (Å²) >= 11 is 0. The third kappa shape index (κ3) is 4.19. The van der Waals surface area contributed by atoms with Gasteiger partial charge < -0.3 is 19.5 Å². The van der Waals surface area contributed by atoms with Gasteiger partial charge in [-0.3, -0.25) is 4.79 Å². The fraction of sp³-hybridized carbons (Fsp3) is 0.316. The molecule has 24 heavy (non-hydrogen) atoms. The molecule has 5 heteroatoms. The highest BCUT2D eigenvalue weighted by Gasteiger charge is 2.12. The molecule has 0 saturated carbocycles. The minimum atomic E-state index is -0.0753. The lowest BCUT2D eigenvalue weighted by Gasteiger charge is -2.10. The van der Waals surface area contributed by atoms with E-state index in [-0.39, 0.29) is 5.91 Å². The number of benzene rings is 2. The zero-order valence-corrected chi connectivity index (χ0v) is 13.7. The van der Waals surface area contributed by atoms with E-state index in [1.54, 1.807) is 6.07 Å². The molecule has 0 aliphatic carbocycles. The van der Waals surface area contributed by atoms with Gasteiger partial charge in [-0.25, -0.2) is 0 Å². The number of carbonyl (C=O) groups excluding carboxylic acids is 1. The Balaban J connectivity index is 1.61. The van der Waals surface area contributed by atoms with E-state index >= 15 is 0 Å². The number of ether oxygens (including phenoxy) is 3. The number of anilines is 1. The van der Waals surface area contributed by atoms with Crippen molar-refractivity contribution in [3.8, 4) is 17.2 Å². The molecule has 0 aromatic heterocycles. The first-order valence-corrected chi connectivity index (χ1v) is 8.16. The zero-order chi connectivity index (χ0) is 16.8. The van der Waals surface area contributed by atoms with Gasteiger partial charge >= 0.3 is 0 Å². The first kappa shape index (κ1) is 16.2. The molecule has 0 bridgehead atoms. The van der Waals surface area contributed by atoms with Crippen LogP contribution in [0.5, 0.6) is 17.2 Å². The number of nitrogens with one attached hydrogen (secondary N) is 1. The van der Waals surface area contributed by atoms with E-state index in [0.717, 1.165) is 23.5 Å². The summed E-state index contributed by atoms with van der Waals surface area (Å²) in [7, 11) is 0. The highest BCUT2D eigenvalue weighted by atomic mass is 16.5. The number of hydrogen-bond donors (Lipinski definition) is 1. The molecular weight excluding hydrogens is 306 g/mol. The zero-order valence-electron chi connectivity index (χ0n) is 13.7. The third-order valence-electron chi connectivity index (χ3n) is 3.63. The van der Waals surface area contributed by atoms with E-state index < -0.39 is 0 Å². The van der Waals surface area contributed by atoms with Gasteiger partial charge in [0.25, 0.3) is 0 Å². The second-order valence-corrected chi connectivity index (χ2v) is 5.51. The van der Waals surface area contributed by atoms with E-state index in [1.807, 2.05) is 43.3 Å². The quantitative estimate of drug-likeness (QED) is 0.914. The van der Waals surface area contributed by atoms with Crippen molar-refractivity contribution in [2.45, 2.75) is 19.8 Å². The number of carbonyl (C=O) groups is 1. The molecule has 0 unspecified atom stereocenters. The van der Waals surface area contributed by atoms with Gasteiger partial charge in [-0.05, 0) is 36.8 Å². The molecule has 5 nitrogen and oxygen atoms in total. The predicted molar refractivity (Wildman–Crippen MR) is 92.0 cm³/mol. The van der Waals surface area contributed by atoms with Gasteiger partial charge in [0, 0.05) is 18.2 Å². The van der Waals surface area contributed by atoms with E-state index in [0.29, 0.717) is 37.7 Å². The molecule has 0 saturated heterocycles. The summed E-state index contributed by atoms with van der Waals surface area (Å²) < 4.78 is 16.6. The molecular formula is C19H21NO4. The van der Waals surface area contributed by atoms with E-state index in [9.17, 15) is 4.79 Å². The Kier molecular flexibility index (Phi) is 5.21. The highest BCUT2D eigenvalue weighted by molar-refractivity contribution is 5.92. The lowest BCUT2D eigenvalue weighted by molar-refractivity contribution is -0.115. The summed E-state index contributed by atoms with van der Waals surface area (Å²) in [5, 5.41) is 2.89. The number of amides is 1. The third-order valence-corrected chi connectivity index (χ3v) is 3.63. The SMILES string of the molecule is CCOc1ccc(CC(=O)Nc2ccc3c(c2)OCCCO3)cc1. The molecule has 0 atom stereocenters. The standard InChI is InChI=1S/C19H21NO4/c1-2-22-16-7-4-14(5-8-16)12-19(21)20-15-6-9-17-18(13-15)24-11-3-10-23-17/h4-9,13H,2-3,10-12H2,1H3,(H,20,21). The van der Waals surface area contributed by atoms with Crippen molar-refractivity contribution >= 4 is 11.6 Å². The molecule has 2 aromatic carbocycles. The maximum Gasteiger partial charge on any atom is 0.228 e. The molecule has 1 aliphatic rings. The van der Waals surface area contributed by atoms with Gasteiger partial charge in [-0.1, -0.05) is 12.1 Å². The Morgan fingerprint density at radius 3 is 2.58 bits per heavy atom. The maximum atomic E-state index is 12.2. The average molecular weight is 327 g/mol. The Morgan fingerprint density at radius 1 is 1.08 bits per heavy atom. The van der Waals surface area contributed by atoms with Crippen molar-refractivity contribution in [2.75, 3.05) is 25.1 Å². The minimum absolute atomic E-state index is 0.0753. The van der Waals surface area contributed by atoms with Crippen LogP contribution in [0.2, 0.25) is 0 Å². The lowest BCUT2D eigenvalue weighted by Crippen LogP contribution is -2.14. The van der Waals surface area contributed by atoms with Crippen LogP contribution in [-0.2, 0) is 11.2 Å². The van der Waals surface area contributed by atoms with Crippen LogP contribution in [-0.4, -0.2) is 25.7 Å². The van der Waals surface area contributed by atoms with Gasteiger partial charge in [0.2, 0.25) is 5.91 Å². The summed E-state index contributed by atoms with van der Waals surface area (Å²) in [6.45, 7) is 3.84. The second kappa shape index (κ2) is 7.73. The van der Waals surface area contributed by atoms with Gasteiger partial charge in [0.1, 0.15) is 5.75 Å². The molecule has 2 aromatic rings. The van der Waals surface area contributed by atoms with Crippen LogP contribution in [0.4, 0.5) is 5.69 Å². The number of hydrogen-bond acceptors (Lipinski definition) is 4. The van der Waals surface area contributed by atoms with Crippen molar-refractivity contribution in [1.82, 2.24) is 0 Å². The van der Waals surface area contributed by atoms with E-state index in [2.05, 4.69) is 5.32 Å². The molecule has 0 radical (unpaired) electrons. The van der Waals surface area contributed by atoms with Crippen LogP contribution in [0.15, 0.2) is 42.5 Å². The van der Waals surface area contributed by atoms with E-state index in [1.165, 1.54) is 0 Å². The van der Waals surface area contributed by atoms with Crippen LogP contribution < -0.4 is 19.5 Å². The van der Waals surface area contributed by atoms with Crippen molar-refractivity contribution in [3.05, 3.63) is 48.0 Å². The minimum Gasteiger partial charge on any atom is -0.494 e. The van der Waals surface area contributed by atoms with Crippen molar-refractivity contribution in [1.29, 1.82) is 0 Å². The highest BCUT2D eigenvalue weighted by Crippen LogP contribution is 2.32. The van der Waals surface area contributed by atoms with Crippen molar-refractivity contribution in [3.63, 3.8) is 0 Å². The van der Waals surface area contributed by atoms with Crippen LogP contribution in [0.3, 0.4) is 0 Å². The van der Waals surface area contributed by atoms with Crippen LogP contribution in [0, 0.1) is 0 Å². The molecule has 126 valence electrons. The van der Waals surface area contributed by atoms with Gasteiger partial charge in [0.05, 0.1) is 26.2 Å². The largest absolute Gasteiger partial charge is 0.494 e. The molecule has 0 spiro atoms.